The van der Waals surface area contributed by atoms with Gasteiger partial charge in [0.15, 0.2) is 7.85 Å². The van der Waals surface area contributed by atoms with E-state index in [2.05, 4.69) is 17.5 Å². The van der Waals surface area contributed by atoms with Crippen LogP contribution in [0.3, 0.4) is 0 Å². The van der Waals surface area contributed by atoms with Gasteiger partial charge in [-0.2, -0.15) is 0 Å². The SMILES string of the molecule is [B]C(=S)NCC. The molecule has 3 heteroatoms. The highest BCUT2D eigenvalue weighted by Crippen LogP contribution is 1.56. The van der Waals surface area contributed by atoms with Crippen LogP contribution in [0.5, 0.6) is 0 Å². The Kier molecular flexibility index (Phi) is 3.13. The van der Waals surface area contributed by atoms with Crippen molar-refractivity contribution >= 4 is 25.0 Å². The minimum absolute atomic E-state index is 0.373. The second kappa shape index (κ2) is 3.16. The van der Waals surface area contributed by atoms with Crippen molar-refractivity contribution in [3.05, 3.63) is 0 Å². The van der Waals surface area contributed by atoms with Gasteiger partial charge in [-0.05, 0) is 6.92 Å². The molecular formula is C3H6BNS. The molecule has 0 aromatic carbocycles. The molecule has 0 aromatic heterocycles. The predicted octanol–water partition coefficient (Wildman–Crippen LogP) is 0.0493. The molecule has 0 aromatic rings. The molecule has 1 nitrogen and oxygen atoms in total. The Hall–Kier alpha value is -0.0451. The van der Waals surface area contributed by atoms with Crippen LogP contribution >= 0.6 is 12.2 Å². The molecule has 0 heterocycles. The molecule has 0 fully saturated rings. The summed E-state index contributed by atoms with van der Waals surface area (Å²) in [5, 5.41) is 2.72. The van der Waals surface area contributed by atoms with Gasteiger partial charge in [0.2, 0.25) is 0 Å². The van der Waals surface area contributed by atoms with Gasteiger partial charge in [0.05, 0.1) is 0 Å². The molecule has 0 saturated carbocycles. The van der Waals surface area contributed by atoms with E-state index in [1.807, 2.05) is 6.92 Å². The zero-order valence-electron chi connectivity index (χ0n) is 3.69. The van der Waals surface area contributed by atoms with Gasteiger partial charge in [0.1, 0.15) is 0 Å². The van der Waals surface area contributed by atoms with Crippen LogP contribution in [0.25, 0.3) is 0 Å². The van der Waals surface area contributed by atoms with Crippen molar-refractivity contribution in [2.45, 2.75) is 6.92 Å². The lowest BCUT2D eigenvalue weighted by Crippen LogP contribution is -2.19. The van der Waals surface area contributed by atoms with E-state index in [-0.39, 0.29) is 0 Å². The summed E-state index contributed by atoms with van der Waals surface area (Å²) in [6.07, 6.45) is 0. The highest BCUT2D eigenvalue weighted by molar-refractivity contribution is 7.82. The van der Waals surface area contributed by atoms with Crippen LogP contribution in [0, 0.1) is 0 Å². The summed E-state index contributed by atoms with van der Waals surface area (Å²) < 4.78 is 0. The van der Waals surface area contributed by atoms with E-state index >= 15 is 0 Å². The van der Waals surface area contributed by atoms with Crippen molar-refractivity contribution in [3.8, 4) is 0 Å². The molecule has 32 valence electrons. The summed E-state index contributed by atoms with van der Waals surface area (Å²) in [5.74, 6) is 0. The fourth-order valence-corrected chi connectivity index (χ4v) is 0.319. The van der Waals surface area contributed by atoms with Gasteiger partial charge < -0.3 is 5.32 Å². The van der Waals surface area contributed by atoms with Crippen molar-refractivity contribution < 1.29 is 0 Å². The number of rotatable bonds is 1. The molecule has 0 atom stereocenters. The quantitative estimate of drug-likeness (QED) is 0.368. The van der Waals surface area contributed by atoms with Gasteiger partial charge in [0.25, 0.3) is 0 Å². The smallest absolute Gasteiger partial charge is 0.154 e. The van der Waals surface area contributed by atoms with E-state index in [4.69, 9.17) is 7.85 Å². The van der Waals surface area contributed by atoms with E-state index in [1.54, 1.807) is 0 Å². The summed E-state index contributed by atoms with van der Waals surface area (Å²) in [6.45, 7) is 2.76. The summed E-state index contributed by atoms with van der Waals surface area (Å²) in [4.78, 5) is 0.373. The standard InChI is InChI=1S/C3H6BNS/c1-2-5-3(4)6/h2H2,1H3,(H,5,6). The summed E-state index contributed by atoms with van der Waals surface area (Å²) in [6, 6.07) is 0. The lowest BCUT2D eigenvalue weighted by molar-refractivity contribution is 0.994. The maximum Gasteiger partial charge on any atom is 0.154 e. The molecule has 0 spiro atoms. The molecule has 1 N–H and O–H groups in total. The third-order valence-corrected chi connectivity index (χ3v) is 0.495. The highest BCUT2D eigenvalue weighted by Gasteiger charge is 1.73. The van der Waals surface area contributed by atoms with Gasteiger partial charge in [0, 0.05) is 11.4 Å². The minimum Gasteiger partial charge on any atom is -0.389 e. The number of hydrogen-bond acceptors (Lipinski definition) is 1. The highest BCUT2D eigenvalue weighted by atomic mass is 32.1. The molecule has 0 bridgehead atoms. The lowest BCUT2D eigenvalue weighted by atomic mass is 10.2. The first kappa shape index (κ1) is 5.95. The Morgan fingerprint density at radius 2 is 2.50 bits per heavy atom. The molecule has 0 amide bonds. The lowest BCUT2D eigenvalue weighted by Gasteiger charge is -1.93. The first-order valence-electron chi connectivity index (χ1n) is 1.80. The second-order valence-corrected chi connectivity index (χ2v) is 1.33. The molecule has 0 rings (SSSR count). The first-order chi connectivity index (χ1) is 2.77. The van der Waals surface area contributed by atoms with E-state index in [9.17, 15) is 0 Å². The largest absolute Gasteiger partial charge is 0.389 e. The fourth-order valence-electron chi connectivity index (χ4n) is 0.174. The molecule has 2 radical (unpaired) electrons. The topological polar surface area (TPSA) is 12.0 Å². The average Bonchev–Trinajstić information content (AvgIpc) is 1.35. The zero-order chi connectivity index (χ0) is 4.99. The minimum atomic E-state index is 0.373. The molecule has 0 aliphatic rings. The van der Waals surface area contributed by atoms with Gasteiger partial charge in [-0.1, -0.05) is 12.2 Å². The summed E-state index contributed by atoms with van der Waals surface area (Å²) >= 11 is 4.46. The van der Waals surface area contributed by atoms with Crippen LogP contribution in [-0.4, -0.2) is 19.3 Å². The summed E-state index contributed by atoms with van der Waals surface area (Å²) in [5.41, 5.74) is 0. The Balaban J connectivity index is 2.83. The van der Waals surface area contributed by atoms with Gasteiger partial charge in [-0.25, -0.2) is 0 Å². The van der Waals surface area contributed by atoms with E-state index in [0.717, 1.165) is 6.54 Å². The monoisotopic (exact) mass is 99.0 g/mol. The third-order valence-electron chi connectivity index (χ3n) is 0.351. The van der Waals surface area contributed by atoms with Crippen molar-refractivity contribution in [1.29, 1.82) is 0 Å². The average molecular weight is 99.0 g/mol. The Morgan fingerprint density at radius 3 is 2.50 bits per heavy atom. The zero-order valence-corrected chi connectivity index (χ0v) is 4.51. The molecule has 6 heavy (non-hydrogen) atoms. The first-order valence-corrected chi connectivity index (χ1v) is 2.21. The van der Waals surface area contributed by atoms with Crippen molar-refractivity contribution in [2.75, 3.05) is 6.54 Å². The molecular weight excluding hydrogens is 92.9 g/mol. The molecule has 0 aliphatic heterocycles. The molecule has 0 aliphatic carbocycles. The van der Waals surface area contributed by atoms with Crippen LogP contribution in [0.2, 0.25) is 0 Å². The van der Waals surface area contributed by atoms with Crippen LogP contribution < -0.4 is 5.32 Å². The van der Waals surface area contributed by atoms with Crippen LogP contribution in [0.4, 0.5) is 0 Å². The van der Waals surface area contributed by atoms with E-state index in [1.165, 1.54) is 0 Å². The normalized spacial score (nSPS) is 7.50. The maximum atomic E-state index is 5.02. The number of thiocarbonyl (C=S) groups is 1. The van der Waals surface area contributed by atoms with E-state index < -0.39 is 0 Å². The van der Waals surface area contributed by atoms with Gasteiger partial charge in [-0.15, -0.1) is 0 Å². The van der Waals surface area contributed by atoms with Crippen molar-refractivity contribution in [3.63, 3.8) is 0 Å². The van der Waals surface area contributed by atoms with Crippen LogP contribution in [0.15, 0.2) is 0 Å². The number of hydrogen-bond donors (Lipinski definition) is 1. The molecule has 0 unspecified atom stereocenters. The third kappa shape index (κ3) is 3.95. The van der Waals surface area contributed by atoms with Gasteiger partial charge >= 0.3 is 0 Å². The van der Waals surface area contributed by atoms with Crippen LogP contribution in [0.1, 0.15) is 6.92 Å². The maximum absolute atomic E-state index is 5.02. The summed E-state index contributed by atoms with van der Waals surface area (Å²) in [7, 11) is 5.02. The molecule has 0 saturated heterocycles. The number of nitrogens with one attached hydrogen (secondary N) is 1. The second-order valence-electron chi connectivity index (χ2n) is 0.895. The van der Waals surface area contributed by atoms with E-state index in [0.29, 0.717) is 4.89 Å². The van der Waals surface area contributed by atoms with Crippen molar-refractivity contribution in [2.24, 2.45) is 0 Å². The predicted molar refractivity (Wildman–Crippen MR) is 32.0 cm³/mol. The Bertz CT molecular complexity index is 54.8. The fraction of sp³-hybridized carbons (Fsp3) is 0.667. The Morgan fingerprint density at radius 1 is 2.00 bits per heavy atom. The Labute approximate surface area is 44.5 Å². The van der Waals surface area contributed by atoms with Crippen molar-refractivity contribution in [1.82, 2.24) is 5.32 Å². The van der Waals surface area contributed by atoms with Crippen LogP contribution in [-0.2, 0) is 0 Å². The van der Waals surface area contributed by atoms with Gasteiger partial charge in [-0.3, -0.25) is 0 Å².